The van der Waals surface area contributed by atoms with Crippen LogP contribution >= 0.6 is 0 Å². The SMILES string of the molecule is CCC(C)c1ccc(NC(=O)CCS(=O)(=O)c2ccc3c(c2)OCCO3)cc1. The lowest BCUT2D eigenvalue weighted by Gasteiger charge is -2.18. The summed E-state index contributed by atoms with van der Waals surface area (Å²) in [6, 6.07) is 12.2. The Morgan fingerprint density at radius 3 is 2.43 bits per heavy atom. The summed E-state index contributed by atoms with van der Waals surface area (Å²) in [5, 5.41) is 2.75. The molecule has 1 aliphatic rings. The maximum absolute atomic E-state index is 12.6. The van der Waals surface area contributed by atoms with E-state index in [-0.39, 0.29) is 23.0 Å². The number of nitrogens with one attached hydrogen (secondary N) is 1. The fourth-order valence-corrected chi connectivity index (χ4v) is 4.17. The molecule has 0 saturated carbocycles. The van der Waals surface area contributed by atoms with Crippen LogP contribution in [0.5, 0.6) is 11.5 Å². The average Bonchev–Trinajstić information content (AvgIpc) is 2.72. The number of hydrogen-bond acceptors (Lipinski definition) is 5. The smallest absolute Gasteiger partial charge is 0.225 e. The van der Waals surface area contributed by atoms with E-state index >= 15 is 0 Å². The summed E-state index contributed by atoms with van der Waals surface area (Å²) in [6.45, 7) is 5.10. The Bertz CT molecular complexity index is 938. The van der Waals surface area contributed by atoms with Crippen LogP contribution in [0.1, 0.15) is 38.2 Å². The number of rotatable bonds is 7. The number of anilines is 1. The molecular weight excluding hydrogens is 378 g/mol. The van der Waals surface area contributed by atoms with E-state index in [9.17, 15) is 13.2 Å². The van der Waals surface area contributed by atoms with E-state index in [2.05, 4.69) is 19.2 Å². The van der Waals surface area contributed by atoms with Gasteiger partial charge in [-0.05, 0) is 42.2 Å². The number of fused-ring (bicyclic) bond motifs is 1. The molecule has 1 N–H and O–H groups in total. The first kappa shape index (κ1) is 20.2. The molecule has 2 aromatic carbocycles. The average molecular weight is 404 g/mol. The van der Waals surface area contributed by atoms with Gasteiger partial charge in [0.15, 0.2) is 21.3 Å². The van der Waals surface area contributed by atoms with Crippen molar-refractivity contribution in [1.29, 1.82) is 0 Å². The van der Waals surface area contributed by atoms with Gasteiger partial charge in [-0.3, -0.25) is 4.79 Å². The molecule has 2 aromatic rings. The highest BCUT2D eigenvalue weighted by Gasteiger charge is 2.20. The van der Waals surface area contributed by atoms with Gasteiger partial charge in [-0.2, -0.15) is 0 Å². The highest BCUT2D eigenvalue weighted by Crippen LogP contribution is 2.32. The van der Waals surface area contributed by atoms with Gasteiger partial charge in [-0.1, -0.05) is 26.0 Å². The third-order valence-corrected chi connectivity index (χ3v) is 6.56. The Morgan fingerprint density at radius 2 is 1.75 bits per heavy atom. The molecule has 0 aliphatic carbocycles. The summed E-state index contributed by atoms with van der Waals surface area (Å²) in [7, 11) is -3.60. The van der Waals surface area contributed by atoms with Crippen LogP contribution in [-0.4, -0.2) is 33.3 Å². The maximum atomic E-state index is 12.6. The van der Waals surface area contributed by atoms with Crippen LogP contribution in [0.15, 0.2) is 47.4 Å². The molecule has 1 amide bonds. The molecule has 3 rings (SSSR count). The highest BCUT2D eigenvalue weighted by molar-refractivity contribution is 7.91. The van der Waals surface area contributed by atoms with E-state index in [4.69, 9.17) is 9.47 Å². The van der Waals surface area contributed by atoms with Gasteiger partial charge >= 0.3 is 0 Å². The molecule has 6 nitrogen and oxygen atoms in total. The van der Waals surface area contributed by atoms with Crippen LogP contribution < -0.4 is 14.8 Å². The molecule has 150 valence electrons. The van der Waals surface area contributed by atoms with Gasteiger partial charge < -0.3 is 14.8 Å². The van der Waals surface area contributed by atoms with E-state index in [1.54, 1.807) is 6.07 Å². The van der Waals surface area contributed by atoms with Gasteiger partial charge in [0, 0.05) is 18.2 Å². The lowest BCUT2D eigenvalue weighted by molar-refractivity contribution is -0.115. The molecule has 0 fully saturated rings. The number of amides is 1. The van der Waals surface area contributed by atoms with Crippen LogP contribution in [0.25, 0.3) is 0 Å². The molecule has 0 aromatic heterocycles. The van der Waals surface area contributed by atoms with E-state index in [0.29, 0.717) is 36.3 Å². The summed E-state index contributed by atoms with van der Waals surface area (Å²) < 4.78 is 35.9. The lowest BCUT2D eigenvalue weighted by atomic mass is 9.99. The molecule has 1 heterocycles. The Morgan fingerprint density at radius 1 is 1.07 bits per heavy atom. The summed E-state index contributed by atoms with van der Waals surface area (Å²) >= 11 is 0. The highest BCUT2D eigenvalue weighted by atomic mass is 32.2. The Labute approximate surface area is 165 Å². The maximum Gasteiger partial charge on any atom is 0.225 e. The minimum absolute atomic E-state index is 0.121. The Hall–Kier alpha value is -2.54. The molecule has 0 saturated heterocycles. The third kappa shape index (κ3) is 4.84. The summed E-state index contributed by atoms with van der Waals surface area (Å²) in [5.41, 5.74) is 1.87. The van der Waals surface area contributed by atoms with E-state index < -0.39 is 9.84 Å². The number of ether oxygens (including phenoxy) is 2. The van der Waals surface area contributed by atoms with E-state index in [0.717, 1.165) is 6.42 Å². The minimum Gasteiger partial charge on any atom is -0.486 e. The molecule has 1 atom stereocenters. The normalized spacial score (nSPS) is 14.4. The second-order valence-electron chi connectivity index (χ2n) is 6.85. The van der Waals surface area contributed by atoms with Crippen molar-refractivity contribution in [3.8, 4) is 11.5 Å². The van der Waals surface area contributed by atoms with Crippen molar-refractivity contribution >= 4 is 21.4 Å². The first-order chi connectivity index (χ1) is 13.4. The molecule has 0 spiro atoms. The standard InChI is InChI=1S/C21H25NO5S/c1-3-15(2)16-4-6-17(7-5-16)22-21(23)10-13-28(24,25)18-8-9-19-20(14-18)27-12-11-26-19/h4-9,14-15H,3,10-13H2,1-2H3,(H,22,23). The number of hydrogen-bond donors (Lipinski definition) is 1. The zero-order chi connectivity index (χ0) is 20.1. The van der Waals surface area contributed by atoms with Crippen molar-refractivity contribution in [2.45, 2.75) is 37.5 Å². The molecule has 28 heavy (non-hydrogen) atoms. The van der Waals surface area contributed by atoms with Gasteiger partial charge in [0.2, 0.25) is 5.91 Å². The van der Waals surface area contributed by atoms with Crippen LogP contribution in [-0.2, 0) is 14.6 Å². The van der Waals surface area contributed by atoms with Gasteiger partial charge in [0.25, 0.3) is 0 Å². The topological polar surface area (TPSA) is 81.7 Å². The van der Waals surface area contributed by atoms with E-state index in [1.165, 1.54) is 17.7 Å². The zero-order valence-electron chi connectivity index (χ0n) is 16.1. The zero-order valence-corrected chi connectivity index (χ0v) is 16.9. The molecule has 1 unspecified atom stereocenters. The number of carbonyl (C=O) groups is 1. The third-order valence-electron chi connectivity index (χ3n) is 4.85. The summed E-state index contributed by atoms with van der Waals surface area (Å²) in [5.74, 6) is 0.795. The van der Waals surface area contributed by atoms with Crippen molar-refractivity contribution in [2.24, 2.45) is 0 Å². The van der Waals surface area contributed by atoms with Crippen LogP contribution in [0.2, 0.25) is 0 Å². The fraction of sp³-hybridized carbons (Fsp3) is 0.381. The van der Waals surface area contributed by atoms with E-state index in [1.807, 2.05) is 24.3 Å². The van der Waals surface area contributed by atoms with Crippen LogP contribution in [0.3, 0.4) is 0 Å². The largest absolute Gasteiger partial charge is 0.486 e. The van der Waals surface area contributed by atoms with Gasteiger partial charge in [0.05, 0.1) is 10.6 Å². The summed E-state index contributed by atoms with van der Waals surface area (Å²) in [6.07, 6.45) is 0.924. The van der Waals surface area contributed by atoms with Crippen LogP contribution in [0, 0.1) is 0 Å². The number of benzene rings is 2. The van der Waals surface area contributed by atoms with Gasteiger partial charge in [0.1, 0.15) is 13.2 Å². The van der Waals surface area contributed by atoms with Crippen molar-refractivity contribution in [3.05, 3.63) is 48.0 Å². The number of carbonyl (C=O) groups excluding carboxylic acids is 1. The predicted octanol–water partition coefficient (Wildman–Crippen LogP) is 3.77. The fourth-order valence-electron chi connectivity index (χ4n) is 2.92. The lowest BCUT2D eigenvalue weighted by Crippen LogP contribution is -2.18. The monoisotopic (exact) mass is 403 g/mol. The molecule has 1 aliphatic heterocycles. The van der Waals surface area contributed by atoms with Crippen molar-refractivity contribution in [3.63, 3.8) is 0 Å². The van der Waals surface area contributed by atoms with Crippen molar-refractivity contribution < 1.29 is 22.7 Å². The first-order valence-corrected chi connectivity index (χ1v) is 11.1. The number of sulfone groups is 1. The molecule has 0 bridgehead atoms. The van der Waals surface area contributed by atoms with Crippen molar-refractivity contribution in [1.82, 2.24) is 0 Å². The van der Waals surface area contributed by atoms with Crippen molar-refractivity contribution in [2.75, 3.05) is 24.3 Å². The summed E-state index contributed by atoms with van der Waals surface area (Å²) in [4.78, 5) is 12.3. The second-order valence-corrected chi connectivity index (χ2v) is 8.96. The van der Waals surface area contributed by atoms with Gasteiger partial charge in [-0.15, -0.1) is 0 Å². The predicted molar refractivity (Wildman–Crippen MR) is 108 cm³/mol. The first-order valence-electron chi connectivity index (χ1n) is 9.41. The molecule has 7 heteroatoms. The van der Waals surface area contributed by atoms with Gasteiger partial charge in [-0.25, -0.2) is 8.42 Å². The second kappa shape index (κ2) is 8.65. The van der Waals surface area contributed by atoms with Crippen LogP contribution in [0.4, 0.5) is 5.69 Å². The quantitative estimate of drug-likeness (QED) is 0.761. The minimum atomic E-state index is -3.60. The molecular formula is C21H25NO5S. The Kier molecular flexibility index (Phi) is 6.24. The Balaban J connectivity index is 1.59. The molecule has 0 radical (unpaired) electrons.